The molecular weight excluding hydrogens is 600 g/mol. The Balaban J connectivity index is 1.22. The van der Waals surface area contributed by atoms with Gasteiger partial charge in [0.1, 0.15) is 5.75 Å². The summed E-state index contributed by atoms with van der Waals surface area (Å²) in [4.78, 5) is 29.2. The van der Waals surface area contributed by atoms with E-state index in [-0.39, 0.29) is 24.2 Å². The van der Waals surface area contributed by atoms with E-state index < -0.39 is 23.9 Å². The van der Waals surface area contributed by atoms with Crippen LogP contribution >= 0.6 is 0 Å². The summed E-state index contributed by atoms with van der Waals surface area (Å²) in [6.45, 7) is 3.84. The largest absolute Gasteiger partial charge is 0.507 e. The summed E-state index contributed by atoms with van der Waals surface area (Å²) in [5.41, 5.74) is 6.17. The summed E-state index contributed by atoms with van der Waals surface area (Å²) in [5, 5.41) is 37.9. The monoisotopic (exact) mass is 644 g/mol. The van der Waals surface area contributed by atoms with Crippen LogP contribution in [-0.2, 0) is 9.59 Å². The average Bonchev–Trinajstić information content (AvgIpc) is 3.36. The van der Waals surface area contributed by atoms with Gasteiger partial charge in [0.2, 0.25) is 11.8 Å². The Labute approximate surface area is 282 Å². The number of hydrogen-bond donors (Lipinski definition) is 4. The number of carbonyl (C=O) groups excluding carboxylic acids is 2. The summed E-state index contributed by atoms with van der Waals surface area (Å²) in [6.07, 6.45) is 5.08. The van der Waals surface area contributed by atoms with Crippen molar-refractivity contribution in [3.8, 4) is 5.75 Å². The van der Waals surface area contributed by atoms with E-state index >= 15 is 0 Å². The molecule has 2 amide bonds. The lowest BCUT2D eigenvalue weighted by Crippen LogP contribution is -2.39. The van der Waals surface area contributed by atoms with Crippen molar-refractivity contribution in [2.24, 2.45) is 17.8 Å². The van der Waals surface area contributed by atoms with Crippen LogP contribution in [-0.4, -0.2) is 39.8 Å². The minimum absolute atomic E-state index is 0.243. The number of phenolic OH excluding ortho intramolecular Hbond substituents is 1. The smallest absolute Gasteiger partial charge is 0.238 e. The van der Waals surface area contributed by atoms with Crippen LogP contribution in [0.5, 0.6) is 5.75 Å². The van der Waals surface area contributed by atoms with Gasteiger partial charge in [0, 0.05) is 22.7 Å². The van der Waals surface area contributed by atoms with Gasteiger partial charge >= 0.3 is 0 Å². The van der Waals surface area contributed by atoms with Crippen molar-refractivity contribution in [3.05, 3.63) is 113 Å². The van der Waals surface area contributed by atoms with Crippen molar-refractivity contribution < 1.29 is 24.9 Å². The van der Waals surface area contributed by atoms with Gasteiger partial charge in [-0.25, -0.2) is 0 Å². The maximum Gasteiger partial charge on any atom is 0.238 e. The van der Waals surface area contributed by atoms with E-state index in [2.05, 4.69) is 25.2 Å². The Morgan fingerprint density at radius 3 is 2.27 bits per heavy atom. The zero-order valence-corrected chi connectivity index (χ0v) is 27.6. The highest BCUT2D eigenvalue weighted by atomic mass is 16.3. The Morgan fingerprint density at radius 1 is 0.896 bits per heavy atom. The third kappa shape index (κ3) is 6.53. The van der Waals surface area contributed by atoms with E-state index in [4.69, 9.17) is 0 Å². The summed E-state index contributed by atoms with van der Waals surface area (Å²) in [5.74, 6) is -2.24. The zero-order chi connectivity index (χ0) is 33.8. The molecule has 0 spiro atoms. The van der Waals surface area contributed by atoms with Gasteiger partial charge in [-0.1, -0.05) is 86.0 Å². The molecule has 0 unspecified atom stereocenters. The van der Waals surface area contributed by atoms with Crippen LogP contribution < -0.4 is 10.2 Å². The number of carbonyl (C=O) groups is 2. The quantitative estimate of drug-likeness (QED) is 0.0916. The van der Waals surface area contributed by atoms with Crippen molar-refractivity contribution in [2.45, 2.75) is 58.5 Å². The van der Waals surface area contributed by atoms with E-state index in [1.165, 1.54) is 4.90 Å². The van der Waals surface area contributed by atoms with Gasteiger partial charge in [0.15, 0.2) is 0 Å². The molecule has 4 aromatic rings. The number of aliphatic hydroxyl groups excluding tert-OH is 2. The number of nitrogens with one attached hydrogen (secondary N) is 1. The normalized spacial score (nSPS) is 20.4. The molecule has 7 nitrogen and oxygen atoms in total. The number of allylic oxidation sites excluding steroid dienone is 2. The van der Waals surface area contributed by atoms with Crippen LogP contribution in [0.15, 0.2) is 108 Å². The molecule has 0 aromatic heterocycles. The van der Waals surface area contributed by atoms with E-state index in [1.807, 2.05) is 72.8 Å². The summed E-state index contributed by atoms with van der Waals surface area (Å²) in [7, 11) is 0. The molecule has 1 aliphatic carbocycles. The molecule has 1 heterocycles. The molecule has 4 N–H and O–H groups in total. The number of hydrogen-bond acceptors (Lipinski definition) is 6. The van der Waals surface area contributed by atoms with Crippen molar-refractivity contribution in [1.82, 2.24) is 0 Å². The zero-order valence-electron chi connectivity index (χ0n) is 27.6. The Hall–Kier alpha value is -4.72. The van der Waals surface area contributed by atoms with Crippen LogP contribution in [0.2, 0.25) is 0 Å². The first kappa shape index (κ1) is 33.2. The number of benzene rings is 4. The molecule has 1 saturated heterocycles. The third-order valence-electron chi connectivity index (χ3n) is 9.97. The van der Waals surface area contributed by atoms with Crippen LogP contribution in [0.3, 0.4) is 0 Å². The minimum Gasteiger partial charge on any atom is -0.507 e. The minimum atomic E-state index is -0.851. The van der Waals surface area contributed by atoms with Crippen LogP contribution in [0.25, 0.3) is 16.8 Å². The second-order valence-corrected chi connectivity index (χ2v) is 12.9. The summed E-state index contributed by atoms with van der Waals surface area (Å²) in [6, 6.07) is 28.4. The Bertz CT molecular complexity index is 1850. The van der Waals surface area contributed by atoms with E-state index in [0.717, 1.165) is 57.3 Å². The maximum absolute atomic E-state index is 14.0. The van der Waals surface area contributed by atoms with Gasteiger partial charge < -0.3 is 20.6 Å². The molecule has 1 fully saturated rings. The number of imide groups is 1. The van der Waals surface area contributed by atoms with Crippen molar-refractivity contribution in [2.75, 3.05) is 16.8 Å². The van der Waals surface area contributed by atoms with Crippen LogP contribution in [0.1, 0.15) is 57.9 Å². The first-order valence-electron chi connectivity index (χ1n) is 17.0. The molecule has 248 valence electrons. The molecule has 0 radical (unpaired) electrons. The van der Waals surface area contributed by atoms with Gasteiger partial charge in [0.25, 0.3) is 0 Å². The molecule has 1 aliphatic heterocycles. The molecule has 0 bridgehead atoms. The number of aromatic hydroxyl groups is 1. The molecule has 4 atom stereocenters. The first-order valence-corrected chi connectivity index (χ1v) is 17.0. The number of anilines is 3. The number of fused-ring (bicyclic) bond motifs is 2. The molecular formula is C41H44N2O5. The lowest BCUT2D eigenvalue weighted by atomic mass is 9.67. The summed E-state index contributed by atoms with van der Waals surface area (Å²) < 4.78 is 0. The molecule has 0 saturated carbocycles. The number of para-hydroxylation sites is 1. The topological polar surface area (TPSA) is 110 Å². The first-order chi connectivity index (χ1) is 23.3. The number of amides is 2. The van der Waals surface area contributed by atoms with E-state index in [0.29, 0.717) is 31.4 Å². The highest BCUT2D eigenvalue weighted by molar-refractivity contribution is 6.22. The molecule has 2 aliphatic rings. The lowest BCUT2D eigenvalue weighted by Gasteiger charge is -2.36. The second kappa shape index (κ2) is 14.6. The van der Waals surface area contributed by atoms with Crippen molar-refractivity contribution in [1.29, 1.82) is 0 Å². The highest BCUT2D eigenvalue weighted by Crippen LogP contribution is 2.48. The van der Waals surface area contributed by atoms with Gasteiger partial charge in [-0.05, 0) is 91.1 Å². The summed E-state index contributed by atoms with van der Waals surface area (Å²) >= 11 is 0. The molecule has 6 rings (SSSR count). The second-order valence-electron chi connectivity index (χ2n) is 12.9. The fraction of sp³-hybridized carbons (Fsp3) is 0.317. The highest BCUT2D eigenvalue weighted by Gasteiger charge is 2.55. The van der Waals surface area contributed by atoms with Gasteiger partial charge in [0.05, 0.1) is 30.2 Å². The van der Waals surface area contributed by atoms with Crippen molar-refractivity contribution >= 4 is 45.7 Å². The predicted octanol–water partition coefficient (Wildman–Crippen LogP) is 8.14. The average molecular weight is 645 g/mol. The SMILES string of the molecule is CCCC1=C([C@H](O)CC/C(=C/c2ccc(O)c3ccccc23)CC)[C@H](CO)[C@@H]2C(=O)N(c3ccc(Nc4ccccc4)cc3)C(=O)[C@@H]2C1. The fourth-order valence-corrected chi connectivity index (χ4v) is 7.62. The molecule has 4 aromatic carbocycles. The number of aliphatic hydroxyl groups is 2. The fourth-order valence-electron chi connectivity index (χ4n) is 7.62. The molecule has 7 heteroatoms. The Kier molecular flexibility index (Phi) is 10.1. The van der Waals surface area contributed by atoms with E-state index in [9.17, 15) is 24.9 Å². The van der Waals surface area contributed by atoms with Crippen molar-refractivity contribution in [3.63, 3.8) is 0 Å². The number of phenols is 1. The predicted molar refractivity (Wildman–Crippen MR) is 192 cm³/mol. The lowest BCUT2D eigenvalue weighted by molar-refractivity contribution is -0.123. The third-order valence-corrected chi connectivity index (χ3v) is 9.97. The van der Waals surface area contributed by atoms with E-state index in [1.54, 1.807) is 18.2 Å². The van der Waals surface area contributed by atoms with Gasteiger partial charge in [-0.3, -0.25) is 14.5 Å². The Morgan fingerprint density at radius 2 is 1.58 bits per heavy atom. The maximum atomic E-state index is 14.0. The number of nitrogens with zero attached hydrogens (tertiary/aromatic N) is 1. The van der Waals surface area contributed by atoms with Crippen LogP contribution in [0, 0.1) is 17.8 Å². The van der Waals surface area contributed by atoms with Gasteiger partial charge in [-0.2, -0.15) is 0 Å². The molecule has 48 heavy (non-hydrogen) atoms. The number of rotatable bonds is 12. The van der Waals surface area contributed by atoms with Gasteiger partial charge in [-0.15, -0.1) is 0 Å². The standard InChI is InChI=1S/C41H44N2O5/c1-3-10-28-24-34-39(41(48)43(40(34)47)31-19-17-30(18-20-31)42-29-11-6-5-7-12-29)35(25-44)38(28)37(46)21-15-26(4-2)23-27-16-22-36(45)33-14-9-8-13-32(27)33/h5-9,11-14,16-20,22-23,34-35,37,39,42,44-46H,3-4,10,15,21,24-25H2,1-2H3/b26-23+/t34-,35+,37-,39-/m1/s1. The van der Waals surface area contributed by atoms with Crippen LogP contribution in [0.4, 0.5) is 17.1 Å².